The summed E-state index contributed by atoms with van der Waals surface area (Å²) in [7, 11) is 0. The Labute approximate surface area is 178 Å². The molecule has 1 aromatic carbocycles. The standard InChI is InChI=1S/C22H22FN5O3/c23-15-3-9-18(10-4-15)31-21-19(2-1-11-25-21)20(29)26-16-5-7-17(8-6-16)27-22(30)28-13-12-24-14-28/h1-4,9-14,16-17H,5-8H2,(H,26,29)(H,27,30). The molecule has 1 aliphatic carbocycles. The molecule has 0 saturated heterocycles. The summed E-state index contributed by atoms with van der Waals surface area (Å²) < 4.78 is 20.2. The Hall–Kier alpha value is -3.75. The molecule has 31 heavy (non-hydrogen) atoms. The summed E-state index contributed by atoms with van der Waals surface area (Å²) in [5.41, 5.74) is 0.308. The lowest BCUT2D eigenvalue weighted by molar-refractivity contribution is 0.0921. The third kappa shape index (κ3) is 5.25. The smallest absolute Gasteiger partial charge is 0.327 e. The average Bonchev–Trinajstić information content (AvgIpc) is 3.32. The molecule has 2 aromatic heterocycles. The Balaban J connectivity index is 1.32. The normalized spacial score (nSPS) is 18.2. The van der Waals surface area contributed by atoms with Crippen molar-refractivity contribution in [3.8, 4) is 11.6 Å². The maximum Gasteiger partial charge on any atom is 0.327 e. The number of rotatable bonds is 5. The van der Waals surface area contributed by atoms with Crippen LogP contribution in [0.5, 0.6) is 11.6 Å². The maximum atomic E-state index is 13.1. The van der Waals surface area contributed by atoms with Crippen LogP contribution in [-0.4, -0.2) is 38.6 Å². The number of carbonyl (C=O) groups excluding carboxylic acids is 2. The van der Waals surface area contributed by atoms with E-state index in [1.54, 1.807) is 24.5 Å². The van der Waals surface area contributed by atoms with Crippen LogP contribution in [-0.2, 0) is 0 Å². The molecule has 2 N–H and O–H groups in total. The number of pyridine rings is 1. The molecular formula is C22H22FN5O3. The quantitative estimate of drug-likeness (QED) is 0.655. The van der Waals surface area contributed by atoms with E-state index in [-0.39, 0.29) is 35.7 Å². The molecule has 1 fully saturated rings. The van der Waals surface area contributed by atoms with E-state index in [2.05, 4.69) is 20.6 Å². The Kier molecular flexibility index (Phi) is 6.21. The fourth-order valence-electron chi connectivity index (χ4n) is 3.53. The Morgan fingerprint density at radius 2 is 1.71 bits per heavy atom. The predicted molar refractivity (Wildman–Crippen MR) is 110 cm³/mol. The Morgan fingerprint density at radius 1 is 1.00 bits per heavy atom. The number of benzene rings is 1. The van der Waals surface area contributed by atoms with E-state index < -0.39 is 0 Å². The first-order valence-corrected chi connectivity index (χ1v) is 10.1. The lowest BCUT2D eigenvalue weighted by atomic mass is 9.91. The van der Waals surface area contributed by atoms with Crippen molar-refractivity contribution in [2.75, 3.05) is 0 Å². The van der Waals surface area contributed by atoms with E-state index in [1.807, 2.05) is 0 Å². The second-order valence-electron chi connectivity index (χ2n) is 7.35. The summed E-state index contributed by atoms with van der Waals surface area (Å²) in [6.45, 7) is 0. The minimum atomic E-state index is -0.372. The van der Waals surface area contributed by atoms with Gasteiger partial charge in [0.2, 0.25) is 5.88 Å². The summed E-state index contributed by atoms with van der Waals surface area (Å²) in [6, 6.07) is 8.66. The topological polar surface area (TPSA) is 98.1 Å². The molecule has 160 valence electrons. The van der Waals surface area contributed by atoms with Crippen molar-refractivity contribution >= 4 is 11.9 Å². The number of imidazole rings is 1. The number of hydrogen-bond acceptors (Lipinski definition) is 5. The van der Waals surface area contributed by atoms with Gasteiger partial charge in [0, 0.05) is 30.7 Å². The molecule has 0 spiro atoms. The first-order chi connectivity index (χ1) is 15.1. The molecule has 3 aromatic rings. The zero-order chi connectivity index (χ0) is 21.6. The van der Waals surface area contributed by atoms with Crippen LogP contribution in [0.1, 0.15) is 36.0 Å². The number of aromatic nitrogens is 3. The number of carbonyl (C=O) groups is 2. The Bertz CT molecular complexity index is 1030. The minimum absolute atomic E-state index is 0.00669. The van der Waals surface area contributed by atoms with Crippen LogP contribution in [0, 0.1) is 5.82 Å². The Morgan fingerprint density at radius 3 is 2.39 bits per heavy atom. The molecule has 0 bridgehead atoms. The lowest BCUT2D eigenvalue weighted by Gasteiger charge is -2.29. The van der Waals surface area contributed by atoms with E-state index in [0.717, 1.165) is 25.7 Å². The van der Waals surface area contributed by atoms with Crippen LogP contribution < -0.4 is 15.4 Å². The first-order valence-electron chi connectivity index (χ1n) is 10.1. The van der Waals surface area contributed by atoms with Gasteiger partial charge in [-0.1, -0.05) is 0 Å². The van der Waals surface area contributed by atoms with Crippen LogP contribution in [0.15, 0.2) is 61.3 Å². The van der Waals surface area contributed by atoms with Gasteiger partial charge in [0.15, 0.2) is 0 Å². The second-order valence-corrected chi connectivity index (χ2v) is 7.35. The second kappa shape index (κ2) is 9.38. The molecule has 0 atom stereocenters. The monoisotopic (exact) mass is 423 g/mol. The molecular weight excluding hydrogens is 401 g/mol. The highest BCUT2D eigenvalue weighted by atomic mass is 19.1. The molecule has 1 aliphatic rings. The van der Waals surface area contributed by atoms with E-state index in [1.165, 1.54) is 41.4 Å². The van der Waals surface area contributed by atoms with E-state index in [0.29, 0.717) is 11.3 Å². The largest absolute Gasteiger partial charge is 0.438 e. The van der Waals surface area contributed by atoms with Gasteiger partial charge in [-0.15, -0.1) is 0 Å². The number of halogens is 1. The summed E-state index contributed by atoms with van der Waals surface area (Å²) in [6.07, 6.45) is 9.16. The number of hydrogen-bond donors (Lipinski definition) is 2. The highest BCUT2D eigenvalue weighted by Crippen LogP contribution is 2.24. The first kappa shape index (κ1) is 20.5. The fourth-order valence-corrected chi connectivity index (χ4v) is 3.53. The molecule has 1 saturated carbocycles. The summed E-state index contributed by atoms with van der Waals surface area (Å²) in [5, 5.41) is 6.01. The van der Waals surface area contributed by atoms with Crippen molar-refractivity contribution in [2.24, 2.45) is 0 Å². The van der Waals surface area contributed by atoms with Crippen LogP contribution in [0.25, 0.3) is 0 Å². The molecule has 0 radical (unpaired) electrons. The van der Waals surface area contributed by atoms with Gasteiger partial charge in [0.05, 0.1) is 0 Å². The van der Waals surface area contributed by atoms with Crippen LogP contribution in [0.3, 0.4) is 0 Å². The van der Waals surface area contributed by atoms with E-state index in [9.17, 15) is 14.0 Å². The van der Waals surface area contributed by atoms with Gasteiger partial charge in [-0.3, -0.25) is 9.36 Å². The molecule has 0 unspecified atom stereocenters. The summed E-state index contributed by atoms with van der Waals surface area (Å²) >= 11 is 0. The number of ether oxygens (including phenoxy) is 1. The van der Waals surface area contributed by atoms with Gasteiger partial charge in [-0.05, 0) is 62.1 Å². The molecule has 9 heteroatoms. The van der Waals surface area contributed by atoms with Crippen LogP contribution in [0.4, 0.5) is 9.18 Å². The van der Waals surface area contributed by atoms with Gasteiger partial charge in [-0.2, -0.15) is 0 Å². The molecule has 8 nitrogen and oxygen atoms in total. The van der Waals surface area contributed by atoms with Crippen molar-refractivity contribution in [2.45, 2.75) is 37.8 Å². The van der Waals surface area contributed by atoms with Crippen molar-refractivity contribution in [3.63, 3.8) is 0 Å². The molecule has 2 heterocycles. The molecule has 4 rings (SSSR count). The highest BCUT2D eigenvalue weighted by Gasteiger charge is 2.25. The van der Waals surface area contributed by atoms with Crippen molar-refractivity contribution in [3.05, 3.63) is 72.7 Å². The van der Waals surface area contributed by atoms with E-state index >= 15 is 0 Å². The van der Waals surface area contributed by atoms with Crippen molar-refractivity contribution in [1.82, 2.24) is 25.2 Å². The van der Waals surface area contributed by atoms with Gasteiger partial charge in [0.25, 0.3) is 5.91 Å². The third-order valence-corrected chi connectivity index (χ3v) is 5.17. The SMILES string of the molecule is O=C(NC1CCC(NC(=O)n2ccnc2)CC1)c1cccnc1Oc1ccc(F)cc1. The van der Waals surface area contributed by atoms with Crippen LogP contribution in [0.2, 0.25) is 0 Å². The highest BCUT2D eigenvalue weighted by molar-refractivity contribution is 5.96. The van der Waals surface area contributed by atoms with Crippen molar-refractivity contribution < 1.29 is 18.7 Å². The lowest BCUT2D eigenvalue weighted by Crippen LogP contribution is -2.44. The zero-order valence-corrected chi connectivity index (χ0v) is 16.7. The minimum Gasteiger partial charge on any atom is -0.438 e. The average molecular weight is 423 g/mol. The zero-order valence-electron chi connectivity index (χ0n) is 16.7. The van der Waals surface area contributed by atoms with Gasteiger partial charge in [0.1, 0.15) is 23.5 Å². The molecule has 0 aliphatic heterocycles. The number of nitrogens with zero attached hydrogens (tertiary/aromatic N) is 3. The number of nitrogens with one attached hydrogen (secondary N) is 2. The van der Waals surface area contributed by atoms with Crippen molar-refractivity contribution in [1.29, 1.82) is 0 Å². The predicted octanol–water partition coefficient (Wildman–Crippen LogP) is 3.51. The summed E-state index contributed by atoms with van der Waals surface area (Å²) in [5.74, 6) is -0.101. The summed E-state index contributed by atoms with van der Waals surface area (Å²) in [4.78, 5) is 33.0. The fraction of sp³-hybridized carbons (Fsp3) is 0.273. The van der Waals surface area contributed by atoms with Crippen LogP contribution >= 0.6 is 0 Å². The van der Waals surface area contributed by atoms with Gasteiger partial charge >= 0.3 is 6.03 Å². The maximum absolute atomic E-state index is 13.1. The number of amides is 2. The van der Waals surface area contributed by atoms with Gasteiger partial charge in [-0.25, -0.2) is 19.2 Å². The third-order valence-electron chi connectivity index (χ3n) is 5.17. The van der Waals surface area contributed by atoms with Gasteiger partial charge < -0.3 is 15.4 Å². The van der Waals surface area contributed by atoms with E-state index in [4.69, 9.17) is 4.74 Å². The molecule has 2 amide bonds.